The number of hydrogen-bond donors (Lipinski definition) is 2. The molecule has 0 saturated carbocycles. The Bertz CT molecular complexity index is 615. The van der Waals surface area contributed by atoms with E-state index in [-0.39, 0.29) is 17.3 Å². The minimum absolute atomic E-state index is 0.103. The van der Waals surface area contributed by atoms with Gasteiger partial charge in [0.25, 0.3) is 0 Å². The molecule has 3 N–H and O–H groups in total. The lowest BCUT2D eigenvalue weighted by Gasteiger charge is -2.08. The smallest absolute Gasteiger partial charge is 0.311 e. The highest BCUT2D eigenvalue weighted by Gasteiger charge is 2.15. The Balaban J connectivity index is 2.37. The fraction of sp³-hybridized carbons (Fsp3) is 0.0909. The highest BCUT2D eigenvalue weighted by atomic mass is 32.2. The van der Waals surface area contributed by atoms with Crippen LogP contribution in [0.25, 0.3) is 0 Å². The van der Waals surface area contributed by atoms with Crippen LogP contribution in [0.3, 0.4) is 0 Å². The maximum absolute atomic E-state index is 10.9. The van der Waals surface area contributed by atoms with Crippen molar-refractivity contribution in [2.24, 2.45) is 5.84 Å². The van der Waals surface area contributed by atoms with Gasteiger partial charge in [0, 0.05) is 12.1 Å². The maximum Gasteiger partial charge on any atom is 0.311 e. The molecule has 0 fully saturated rings. The lowest BCUT2D eigenvalue weighted by molar-refractivity contribution is -0.385. The van der Waals surface area contributed by atoms with Crippen molar-refractivity contribution >= 4 is 23.3 Å². The zero-order valence-corrected chi connectivity index (χ0v) is 11.3. The van der Waals surface area contributed by atoms with Crippen LogP contribution in [0.4, 0.5) is 11.5 Å². The first-order valence-corrected chi connectivity index (χ1v) is 6.67. The Hall–Kier alpha value is -2.39. The number of nitrogen functional groups attached to an aromatic ring is 1. The maximum atomic E-state index is 10.9. The van der Waals surface area contributed by atoms with E-state index >= 15 is 0 Å². The van der Waals surface area contributed by atoms with Crippen LogP contribution in [0.2, 0.25) is 0 Å². The molecule has 0 aliphatic carbocycles. The summed E-state index contributed by atoms with van der Waals surface area (Å²) in [5.74, 6) is 5.94. The topological polar surface area (TPSA) is 116 Å². The molecule has 0 amide bonds. The molecule has 0 aliphatic heterocycles. The highest BCUT2D eigenvalue weighted by Crippen LogP contribution is 2.31. The summed E-state index contributed by atoms with van der Waals surface area (Å²) in [7, 11) is 0. The van der Waals surface area contributed by atoms with E-state index in [1.54, 1.807) is 18.4 Å². The van der Waals surface area contributed by atoms with Crippen molar-refractivity contribution in [2.45, 2.75) is 5.16 Å². The monoisotopic (exact) mass is 293 g/mol. The van der Waals surface area contributed by atoms with Gasteiger partial charge in [-0.3, -0.25) is 10.1 Å². The second kappa shape index (κ2) is 6.17. The molecule has 2 rings (SSSR count). The molecule has 9 heteroatoms. The summed E-state index contributed by atoms with van der Waals surface area (Å²) in [6, 6.07) is 7.51. The number of benzene rings is 1. The molecule has 0 unspecified atom stereocenters. The van der Waals surface area contributed by atoms with Crippen molar-refractivity contribution < 1.29 is 9.66 Å². The van der Waals surface area contributed by atoms with Crippen LogP contribution >= 0.6 is 11.8 Å². The Kier molecular flexibility index (Phi) is 4.33. The largest absolute Gasteiger partial charge is 0.432 e. The summed E-state index contributed by atoms with van der Waals surface area (Å²) in [5, 5.41) is 11.4. The third kappa shape index (κ3) is 3.13. The normalized spacial score (nSPS) is 10.1. The van der Waals surface area contributed by atoms with Gasteiger partial charge in [-0.25, -0.2) is 10.8 Å². The van der Waals surface area contributed by atoms with Gasteiger partial charge < -0.3 is 10.2 Å². The minimum Gasteiger partial charge on any atom is -0.432 e. The van der Waals surface area contributed by atoms with E-state index in [4.69, 9.17) is 10.6 Å². The molecular weight excluding hydrogens is 282 g/mol. The zero-order chi connectivity index (χ0) is 14.5. The first kappa shape index (κ1) is 14.0. The molecule has 0 spiro atoms. The second-order valence-corrected chi connectivity index (χ2v) is 4.32. The summed E-state index contributed by atoms with van der Waals surface area (Å²) >= 11 is 1.30. The Morgan fingerprint density at radius 2 is 2.15 bits per heavy atom. The number of rotatable bonds is 5. The summed E-state index contributed by atoms with van der Waals surface area (Å²) in [6.07, 6.45) is 1.80. The number of thioether (sulfide) groups is 1. The number of anilines is 1. The molecular formula is C11H11N5O3S. The van der Waals surface area contributed by atoms with Crippen molar-refractivity contribution in [3.05, 3.63) is 40.4 Å². The molecule has 0 bridgehead atoms. The molecule has 0 atom stereocenters. The first-order valence-electron chi connectivity index (χ1n) is 5.45. The van der Waals surface area contributed by atoms with Crippen LogP contribution in [0.1, 0.15) is 0 Å². The predicted molar refractivity (Wildman–Crippen MR) is 74.8 cm³/mol. The molecule has 104 valence electrons. The molecule has 1 aromatic heterocycles. The molecule has 1 heterocycles. The number of hydrazine groups is 1. The average Bonchev–Trinajstić information content (AvgIpc) is 2.47. The number of nitrogens with two attached hydrogens (primary N) is 1. The summed E-state index contributed by atoms with van der Waals surface area (Å²) in [6.45, 7) is 0. The molecule has 2 aromatic rings. The van der Waals surface area contributed by atoms with E-state index in [2.05, 4.69) is 15.4 Å². The molecule has 0 radical (unpaired) electrons. The fourth-order valence-electron chi connectivity index (χ4n) is 1.43. The van der Waals surface area contributed by atoms with Gasteiger partial charge in [0.2, 0.25) is 11.6 Å². The number of aromatic nitrogens is 2. The predicted octanol–water partition coefficient (Wildman–Crippen LogP) is 2.18. The lowest BCUT2D eigenvalue weighted by Crippen LogP contribution is -2.09. The van der Waals surface area contributed by atoms with E-state index in [0.717, 1.165) is 0 Å². The van der Waals surface area contributed by atoms with Crippen molar-refractivity contribution in [3.8, 4) is 11.6 Å². The van der Waals surface area contributed by atoms with Gasteiger partial charge in [0.1, 0.15) is 5.82 Å². The van der Waals surface area contributed by atoms with Crippen LogP contribution in [-0.4, -0.2) is 21.1 Å². The van der Waals surface area contributed by atoms with Gasteiger partial charge >= 0.3 is 5.69 Å². The van der Waals surface area contributed by atoms with Gasteiger partial charge in [0.05, 0.1) is 4.92 Å². The molecule has 8 nitrogen and oxygen atoms in total. The number of para-hydroxylation sites is 2. The highest BCUT2D eigenvalue weighted by molar-refractivity contribution is 7.98. The molecule has 0 saturated heterocycles. The third-order valence-electron chi connectivity index (χ3n) is 2.29. The van der Waals surface area contributed by atoms with Gasteiger partial charge in [-0.15, -0.1) is 0 Å². The Morgan fingerprint density at radius 3 is 2.80 bits per heavy atom. The van der Waals surface area contributed by atoms with E-state index < -0.39 is 4.92 Å². The fourth-order valence-corrected chi connectivity index (χ4v) is 1.80. The van der Waals surface area contributed by atoms with Gasteiger partial charge in [-0.1, -0.05) is 23.9 Å². The number of nitrogens with one attached hydrogen (secondary N) is 1. The summed E-state index contributed by atoms with van der Waals surface area (Å²) < 4.78 is 5.45. The Labute approximate surface area is 118 Å². The van der Waals surface area contributed by atoms with E-state index in [9.17, 15) is 10.1 Å². The second-order valence-electron chi connectivity index (χ2n) is 3.55. The Morgan fingerprint density at radius 1 is 1.40 bits per heavy atom. The quantitative estimate of drug-likeness (QED) is 0.283. The number of nitrogens with zero attached hydrogens (tertiary/aromatic N) is 3. The van der Waals surface area contributed by atoms with Crippen molar-refractivity contribution in [1.29, 1.82) is 0 Å². The minimum atomic E-state index is -0.520. The number of nitro benzene ring substituents is 1. The van der Waals surface area contributed by atoms with Crippen LogP contribution in [-0.2, 0) is 0 Å². The van der Waals surface area contributed by atoms with E-state index in [1.807, 2.05) is 0 Å². The molecule has 0 aliphatic rings. The lowest BCUT2D eigenvalue weighted by atomic mass is 10.3. The van der Waals surface area contributed by atoms with Crippen molar-refractivity contribution in [2.75, 3.05) is 11.7 Å². The van der Waals surface area contributed by atoms with Crippen molar-refractivity contribution in [3.63, 3.8) is 0 Å². The average molecular weight is 293 g/mol. The first-order chi connectivity index (χ1) is 9.63. The van der Waals surface area contributed by atoms with Crippen LogP contribution in [0.5, 0.6) is 11.6 Å². The number of hydrogen-bond acceptors (Lipinski definition) is 8. The summed E-state index contributed by atoms with van der Waals surface area (Å²) in [5.41, 5.74) is 2.25. The number of nitro groups is 1. The van der Waals surface area contributed by atoms with Crippen LogP contribution in [0.15, 0.2) is 35.5 Å². The molecule has 1 aromatic carbocycles. The zero-order valence-electron chi connectivity index (χ0n) is 10.4. The van der Waals surface area contributed by atoms with E-state index in [0.29, 0.717) is 11.0 Å². The third-order valence-corrected chi connectivity index (χ3v) is 2.84. The van der Waals surface area contributed by atoms with Crippen molar-refractivity contribution in [1.82, 2.24) is 9.97 Å². The number of ether oxygens (including phenoxy) is 1. The van der Waals surface area contributed by atoms with E-state index in [1.165, 1.54) is 30.0 Å². The van der Waals surface area contributed by atoms with Gasteiger partial charge in [0.15, 0.2) is 5.16 Å². The SMILES string of the molecule is CSc1nc(NN)cc(Oc2ccccc2[N+](=O)[O-])n1. The summed E-state index contributed by atoms with van der Waals surface area (Å²) in [4.78, 5) is 18.6. The van der Waals surface area contributed by atoms with Gasteiger partial charge in [-0.05, 0) is 12.3 Å². The van der Waals surface area contributed by atoms with Crippen LogP contribution < -0.4 is 16.0 Å². The van der Waals surface area contributed by atoms with Gasteiger partial charge in [-0.2, -0.15) is 4.98 Å². The van der Waals surface area contributed by atoms with Crippen LogP contribution in [0, 0.1) is 10.1 Å². The molecule has 20 heavy (non-hydrogen) atoms. The standard InChI is InChI=1S/C11H11N5O3S/c1-20-11-13-9(15-12)6-10(14-11)19-8-5-3-2-4-7(8)16(17)18/h2-6H,12H2,1H3,(H,13,14,15).